The third-order valence-electron chi connectivity index (χ3n) is 3.96. The van der Waals surface area contributed by atoms with Crippen molar-refractivity contribution in [1.82, 2.24) is 0 Å². The predicted octanol–water partition coefficient (Wildman–Crippen LogP) is 3.91. The Hall–Kier alpha value is -1.68. The first-order valence-corrected chi connectivity index (χ1v) is 6.83. The van der Waals surface area contributed by atoms with Crippen molar-refractivity contribution < 1.29 is 19.1 Å². The lowest BCUT2D eigenvalue weighted by molar-refractivity contribution is -0.137. The molecule has 0 saturated heterocycles. The number of rotatable bonds is 4. The van der Waals surface area contributed by atoms with Crippen LogP contribution < -0.4 is 4.74 Å². The lowest BCUT2D eigenvalue weighted by Gasteiger charge is -2.16. The Morgan fingerprint density at radius 2 is 2.20 bits per heavy atom. The highest BCUT2D eigenvalue weighted by molar-refractivity contribution is 6.36. The molecule has 0 unspecified atom stereocenters. The number of furan rings is 1. The molecule has 3 rings (SSSR count). The maximum absolute atomic E-state index is 11.1. The number of halogens is 1. The first-order valence-electron chi connectivity index (χ1n) is 6.46. The van der Waals surface area contributed by atoms with Crippen LogP contribution in [0.4, 0.5) is 0 Å². The summed E-state index contributed by atoms with van der Waals surface area (Å²) in [6.45, 7) is 1.85. The van der Waals surface area contributed by atoms with E-state index in [0.29, 0.717) is 16.4 Å². The van der Waals surface area contributed by atoms with E-state index in [2.05, 4.69) is 0 Å². The maximum Gasteiger partial charge on any atom is 0.304 e. The molecule has 20 heavy (non-hydrogen) atoms. The Kier molecular flexibility index (Phi) is 2.94. The molecule has 0 amide bonds. The molecule has 1 aliphatic rings. The molecule has 1 fully saturated rings. The SMILES string of the molecule is COc1cc(C2(CC(=O)O)CC2)c(Cl)c2cc(C)oc12. The van der Waals surface area contributed by atoms with E-state index in [0.717, 1.165) is 29.6 Å². The molecular weight excluding hydrogens is 280 g/mol. The molecule has 4 nitrogen and oxygen atoms in total. The zero-order valence-electron chi connectivity index (χ0n) is 11.3. The number of carboxylic acid groups (broad SMARTS) is 1. The van der Waals surface area contributed by atoms with Gasteiger partial charge in [0.15, 0.2) is 11.3 Å². The van der Waals surface area contributed by atoms with Crippen molar-refractivity contribution >= 4 is 28.5 Å². The van der Waals surface area contributed by atoms with E-state index < -0.39 is 5.97 Å². The molecule has 1 saturated carbocycles. The van der Waals surface area contributed by atoms with Gasteiger partial charge < -0.3 is 14.3 Å². The molecule has 0 aliphatic heterocycles. The van der Waals surface area contributed by atoms with Gasteiger partial charge in [-0.05, 0) is 37.5 Å². The molecule has 1 aliphatic carbocycles. The Bertz CT molecular complexity index is 697. The number of hydrogen-bond donors (Lipinski definition) is 1. The zero-order chi connectivity index (χ0) is 14.5. The number of hydrogen-bond acceptors (Lipinski definition) is 3. The van der Waals surface area contributed by atoms with E-state index in [9.17, 15) is 4.79 Å². The largest absolute Gasteiger partial charge is 0.493 e. The number of aliphatic carboxylic acids is 1. The average Bonchev–Trinajstić information content (AvgIpc) is 3.02. The first kappa shape index (κ1) is 13.3. The van der Waals surface area contributed by atoms with Crippen LogP contribution in [0.15, 0.2) is 16.5 Å². The highest BCUT2D eigenvalue weighted by Gasteiger charge is 2.48. The van der Waals surface area contributed by atoms with Gasteiger partial charge in [0, 0.05) is 10.8 Å². The standard InChI is InChI=1S/C15H15ClO4/c1-8-5-9-13(16)10(6-11(19-2)14(9)20-8)15(3-4-15)7-12(17)18/h5-6H,3-4,7H2,1-2H3,(H,17,18). The summed E-state index contributed by atoms with van der Waals surface area (Å²) in [6, 6.07) is 3.68. The second kappa shape index (κ2) is 4.42. The van der Waals surface area contributed by atoms with E-state index >= 15 is 0 Å². The summed E-state index contributed by atoms with van der Waals surface area (Å²) in [4.78, 5) is 11.1. The Morgan fingerprint density at radius 3 is 2.75 bits per heavy atom. The number of carbonyl (C=O) groups is 1. The summed E-state index contributed by atoms with van der Waals surface area (Å²) < 4.78 is 11.0. The molecule has 0 atom stereocenters. The van der Waals surface area contributed by atoms with Crippen LogP contribution in [-0.2, 0) is 10.2 Å². The molecule has 1 heterocycles. The van der Waals surface area contributed by atoms with E-state index in [-0.39, 0.29) is 11.8 Å². The lowest BCUT2D eigenvalue weighted by Crippen LogP contribution is -2.13. The number of ether oxygens (including phenoxy) is 1. The Balaban J connectivity index is 2.21. The minimum atomic E-state index is -0.805. The van der Waals surface area contributed by atoms with E-state index in [1.54, 1.807) is 7.11 Å². The van der Waals surface area contributed by atoms with Crippen LogP contribution in [0.3, 0.4) is 0 Å². The molecule has 0 radical (unpaired) electrons. The zero-order valence-corrected chi connectivity index (χ0v) is 12.1. The van der Waals surface area contributed by atoms with Gasteiger partial charge in [-0.1, -0.05) is 11.6 Å². The minimum absolute atomic E-state index is 0.0955. The van der Waals surface area contributed by atoms with Crippen LogP contribution in [0.1, 0.15) is 30.6 Å². The van der Waals surface area contributed by atoms with Crippen molar-refractivity contribution in [2.24, 2.45) is 0 Å². The second-order valence-corrected chi connectivity index (χ2v) is 5.77. The fourth-order valence-corrected chi connectivity index (χ4v) is 3.18. The van der Waals surface area contributed by atoms with Crippen LogP contribution >= 0.6 is 11.6 Å². The number of benzene rings is 1. The normalized spacial score (nSPS) is 16.4. The number of methoxy groups -OCH3 is 1. The first-order chi connectivity index (χ1) is 9.47. The minimum Gasteiger partial charge on any atom is -0.493 e. The van der Waals surface area contributed by atoms with Crippen molar-refractivity contribution in [2.75, 3.05) is 7.11 Å². The fraction of sp³-hybridized carbons (Fsp3) is 0.400. The highest BCUT2D eigenvalue weighted by Crippen LogP contribution is 2.55. The van der Waals surface area contributed by atoms with Crippen molar-refractivity contribution in [1.29, 1.82) is 0 Å². The molecular formula is C15H15ClO4. The second-order valence-electron chi connectivity index (χ2n) is 5.39. The molecule has 2 aromatic rings. The van der Waals surface area contributed by atoms with E-state index in [1.165, 1.54) is 0 Å². The molecule has 1 aromatic heterocycles. The topological polar surface area (TPSA) is 59.7 Å². The highest BCUT2D eigenvalue weighted by atomic mass is 35.5. The van der Waals surface area contributed by atoms with Crippen LogP contribution in [-0.4, -0.2) is 18.2 Å². The predicted molar refractivity (Wildman–Crippen MR) is 75.7 cm³/mol. The van der Waals surface area contributed by atoms with Crippen LogP contribution in [0.25, 0.3) is 11.0 Å². The number of aryl methyl sites for hydroxylation is 1. The van der Waals surface area contributed by atoms with Gasteiger partial charge in [0.1, 0.15) is 5.76 Å². The van der Waals surface area contributed by atoms with Crippen molar-refractivity contribution in [3.05, 3.63) is 28.5 Å². The molecule has 0 bridgehead atoms. The molecule has 5 heteroatoms. The van der Waals surface area contributed by atoms with Gasteiger partial charge in [0.05, 0.1) is 18.6 Å². The summed E-state index contributed by atoms with van der Waals surface area (Å²) in [5.74, 6) is 0.547. The van der Waals surface area contributed by atoms with Gasteiger partial charge in [-0.2, -0.15) is 0 Å². The number of carboxylic acids is 1. The Morgan fingerprint density at radius 1 is 1.50 bits per heavy atom. The van der Waals surface area contributed by atoms with Gasteiger partial charge in [0.2, 0.25) is 0 Å². The van der Waals surface area contributed by atoms with Crippen molar-refractivity contribution in [2.45, 2.75) is 31.6 Å². The lowest BCUT2D eigenvalue weighted by atomic mass is 9.91. The smallest absolute Gasteiger partial charge is 0.304 e. The van der Waals surface area contributed by atoms with Gasteiger partial charge in [-0.25, -0.2) is 0 Å². The van der Waals surface area contributed by atoms with Crippen LogP contribution in [0.5, 0.6) is 5.75 Å². The summed E-state index contributed by atoms with van der Waals surface area (Å²) >= 11 is 6.48. The third-order valence-corrected chi connectivity index (χ3v) is 4.37. The van der Waals surface area contributed by atoms with E-state index in [1.807, 2.05) is 19.1 Å². The fourth-order valence-electron chi connectivity index (χ4n) is 2.78. The van der Waals surface area contributed by atoms with Gasteiger partial charge in [-0.15, -0.1) is 0 Å². The van der Waals surface area contributed by atoms with Gasteiger partial charge >= 0.3 is 5.97 Å². The summed E-state index contributed by atoms with van der Waals surface area (Å²) in [5.41, 5.74) is 1.12. The van der Waals surface area contributed by atoms with Crippen molar-refractivity contribution in [3.8, 4) is 5.75 Å². The number of fused-ring (bicyclic) bond motifs is 1. The van der Waals surface area contributed by atoms with Crippen LogP contribution in [0.2, 0.25) is 5.02 Å². The monoisotopic (exact) mass is 294 g/mol. The summed E-state index contributed by atoms with van der Waals surface area (Å²) in [6.07, 6.45) is 1.77. The Labute approximate surface area is 121 Å². The van der Waals surface area contributed by atoms with Crippen molar-refractivity contribution in [3.63, 3.8) is 0 Å². The quantitative estimate of drug-likeness (QED) is 0.929. The van der Waals surface area contributed by atoms with Crippen LogP contribution in [0, 0.1) is 6.92 Å². The third kappa shape index (κ3) is 1.95. The summed E-state index contributed by atoms with van der Waals surface area (Å²) in [5, 5.41) is 10.5. The molecule has 1 N–H and O–H groups in total. The van der Waals surface area contributed by atoms with E-state index in [4.69, 9.17) is 25.9 Å². The average molecular weight is 295 g/mol. The molecule has 106 valence electrons. The maximum atomic E-state index is 11.1. The molecule has 1 aromatic carbocycles. The molecule has 0 spiro atoms. The van der Waals surface area contributed by atoms with Gasteiger partial charge in [-0.3, -0.25) is 4.79 Å². The summed E-state index contributed by atoms with van der Waals surface area (Å²) in [7, 11) is 1.57. The van der Waals surface area contributed by atoms with Gasteiger partial charge in [0.25, 0.3) is 0 Å².